The molecule has 1 aromatic rings. The van der Waals surface area contributed by atoms with Crippen LogP contribution in [0.1, 0.15) is 19.4 Å². The zero-order valence-electron chi connectivity index (χ0n) is 14.8. The Morgan fingerprint density at radius 3 is 2.50 bits per heavy atom. The molecule has 7 nitrogen and oxygen atoms in total. The van der Waals surface area contributed by atoms with Crippen molar-refractivity contribution in [2.24, 2.45) is 4.99 Å². The molecule has 2 N–H and O–H groups in total. The molecule has 1 rings (SSSR count). The molecule has 8 heteroatoms. The fourth-order valence-electron chi connectivity index (χ4n) is 1.96. The molecule has 0 saturated carbocycles. The molecule has 0 heterocycles. The van der Waals surface area contributed by atoms with Crippen LogP contribution in [0.3, 0.4) is 0 Å². The molecule has 0 bridgehead atoms. The second-order valence-electron chi connectivity index (χ2n) is 5.04. The highest BCUT2D eigenvalue weighted by Crippen LogP contribution is 2.25. The number of sulfone groups is 1. The van der Waals surface area contributed by atoms with Crippen LogP contribution in [0.15, 0.2) is 23.2 Å². The Bertz CT molecular complexity index is 645. The van der Waals surface area contributed by atoms with Gasteiger partial charge < -0.3 is 20.1 Å². The van der Waals surface area contributed by atoms with Gasteiger partial charge in [0.25, 0.3) is 0 Å². The molecule has 0 atom stereocenters. The van der Waals surface area contributed by atoms with Gasteiger partial charge in [-0.05, 0) is 19.1 Å². The lowest BCUT2D eigenvalue weighted by atomic mass is 10.2. The Morgan fingerprint density at radius 1 is 1.17 bits per heavy atom. The van der Waals surface area contributed by atoms with Crippen LogP contribution in [0.4, 0.5) is 0 Å². The van der Waals surface area contributed by atoms with Crippen LogP contribution < -0.4 is 20.1 Å². The summed E-state index contributed by atoms with van der Waals surface area (Å²) in [6.07, 6.45) is 0. The first-order valence-corrected chi connectivity index (χ1v) is 9.71. The number of guanidine groups is 1. The van der Waals surface area contributed by atoms with E-state index in [-0.39, 0.29) is 11.5 Å². The minimum atomic E-state index is -2.99. The predicted octanol–water partition coefficient (Wildman–Crippen LogP) is 1.19. The van der Waals surface area contributed by atoms with E-state index in [0.717, 1.165) is 11.3 Å². The normalized spacial score (nSPS) is 11.9. The SMILES string of the molecule is CCNC(=NCc1ccc(OC)cc1OC)NCCS(=O)(=O)CC. The fourth-order valence-corrected chi connectivity index (χ4v) is 2.66. The highest BCUT2D eigenvalue weighted by Gasteiger charge is 2.08. The van der Waals surface area contributed by atoms with Crippen molar-refractivity contribution in [2.75, 3.05) is 38.8 Å². The van der Waals surface area contributed by atoms with E-state index in [1.807, 2.05) is 19.1 Å². The number of nitrogens with one attached hydrogen (secondary N) is 2. The van der Waals surface area contributed by atoms with Gasteiger partial charge in [-0.25, -0.2) is 13.4 Å². The van der Waals surface area contributed by atoms with Crippen molar-refractivity contribution in [1.82, 2.24) is 10.6 Å². The van der Waals surface area contributed by atoms with Crippen LogP contribution in [0, 0.1) is 0 Å². The summed E-state index contributed by atoms with van der Waals surface area (Å²) >= 11 is 0. The van der Waals surface area contributed by atoms with Crippen LogP contribution in [-0.4, -0.2) is 53.2 Å². The molecule has 0 aliphatic carbocycles. The maximum atomic E-state index is 11.5. The maximum Gasteiger partial charge on any atom is 0.191 e. The van der Waals surface area contributed by atoms with E-state index >= 15 is 0 Å². The summed E-state index contributed by atoms with van der Waals surface area (Å²) in [5.41, 5.74) is 0.914. The third-order valence-corrected chi connectivity index (χ3v) is 5.10. The van der Waals surface area contributed by atoms with Crippen LogP contribution in [-0.2, 0) is 16.4 Å². The summed E-state index contributed by atoms with van der Waals surface area (Å²) in [7, 11) is 0.205. The van der Waals surface area contributed by atoms with E-state index < -0.39 is 9.84 Å². The number of hydrogen-bond acceptors (Lipinski definition) is 5. The number of aliphatic imine (C=N–C) groups is 1. The fraction of sp³-hybridized carbons (Fsp3) is 0.562. The molecule has 136 valence electrons. The van der Waals surface area contributed by atoms with Crippen LogP contribution in [0.2, 0.25) is 0 Å². The predicted molar refractivity (Wildman–Crippen MR) is 96.7 cm³/mol. The molecule has 0 saturated heterocycles. The van der Waals surface area contributed by atoms with Crippen molar-refractivity contribution < 1.29 is 17.9 Å². The molecule has 1 aromatic carbocycles. The summed E-state index contributed by atoms with van der Waals surface area (Å²) < 4.78 is 33.6. The van der Waals surface area contributed by atoms with Crippen molar-refractivity contribution in [1.29, 1.82) is 0 Å². The van der Waals surface area contributed by atoms with Crippen molar-refractivity contribution in [3.8, 4) is 11.5 Å². The lowest BCUT2D eigenvalue weighted by Gasteiger charge is -2.12. The van der Waals surface area contributed by atoms with E-state index in [9.17, 15) is 8.42 Å². The smallest absolute Gasteiger partial charge is 0.191 e. The minimum absolute atomic E-state index is 0.0831. The molecule has 0 aliphatic rings. The molecule has 0 aliphatic heterocycles. The van der Waals surface area contributed by atoms with Crippen molar-refractivity contribution in [3.05, 3.63) is 23.8 Å². The number of methoxy groups -OCH3 is 2. The maximum absolute atomic E-state index is 11.5. The highest BCUT2D eigenvalue weighted by atomic mass is 32.2. The summed E-state index contributed by atoms with van der Waals surface area (Å²) in [5.74, 6) is 2.21. The van der Waals surface area contributed by atoms with Gasteiger partial charge in [0.05, 0.1) is 26.5 Å². The first kappa shape index (κ1) is 20.1. The van der Waals surface area contributed by atoms with Crippen LogP contribution in [0.25, 0.3) is 0 Å². The molecule has 0 amide bonds. The Morgan fingerprint density at radius 2 is 1.92 bits per heavy atom. The standard InChI is InChI=1S/C16H27N3O4S/c1-5-17-16(18-9-10-24(20,21)6-2)19-12-13-7-8-14(22-3)11-15(13)23-4/h7-8,11H,5-6,9-10,12H2,1-4H3,(H2,17,18,19). The lowest BCUT2D eigenvalue weighted by Crippen LogP contribution is -2.39. The first-order valence-electron chi connectivity index (χ1n) is 7.89. The first-order chi connectivity index (χ1) is 11.5. The average molecular weight is 357 g/mol. The summed E-state index contributed by atoms with van der Waals surface area (Å²) in [4.78, 5) is 4.47. The number of rotatable bonds is 9. The second kappa shape index (κ2) is 10.0. The molecular weight excluding hydrogens is 330 g/mol. The molecule has 0 unspecified atom stereocenters. The Kier molecular flexibility index (Phi) is 8.39. The molecule has 0 aromatic heterocycles. The highest BCUT2D eigenvalue weighted by molar-refractivity contribution is 7.91. The number of benzene rings is 1. The number of ether oxygens (including phenoxy) is 2. The molecular formula is C16H27N3O4S. The van der Waals surface area contributed by atoms with Gasteiger partial charge >= 0.3 is 0 Å². The van der Waals surface area contributed by atoms with Gasteiger partial charge in [-0.2, -0.15) is 0 Å². The quantitative estimate of drug-likeness (QED) is 0.510. The van der Waals surface area contributed by atoms with Crippen LogP contribution >= 0.6 is 0 Å². The lowest BCUT2D eigenvalue weighted by molar-refractivity contribution is 0.391. The zero-order valence-corrected chi connectivity index (χ0v) is 15.6. The Hall–Kier alpha value is -1.96. The van der Waals surface area contributed by atoms with E-state index in [0.29, 0.717) is 31.3 Å². The zero-order chi connectivity index (χ0) is 18.0. The van der Waals surface area contributed by atoms with Gasteiger partial charge in [0.1, 0.15) is 11.5 Å². The molecule has 24 heavy (non-hydrogen) atoms. The third kappa shape index (κ3) is 6.66. The Labute approximate surface area is 144 Å². The van der Waals surface area contributed by atoms with Gasteiger partial charge in [-0.3, -0.25) is 0 Å². The van der Waals surface area contributed by atoms with E-state index in [1.54, 1.807) is 27.2 Å². The summed E-state index contributed by atoms with van der Waals surface area (Å²) in [6.45, 7) is 5.01. The van der Waals surface area contributed by atoms with Gasteiger partial charge in [0.2, 0.25) is 0 Å². The van der Waals surface area contributed by atoms with E-state index in [1.165, 1.54) is 0 Å². The number of hydrogen-bond donors (Lipinski definition) is 2. The Balaban J connectivity index is 2.75. The molecule has 0 fully saturated rings. The topological polar surface area (TPSA) is 89.0 Å². The molecule has 0 radical (unpaired) electrons. The average Bonchev–Trinajstić information content (AvgIpc) is 2.59. The van der Waals surface area contributed by atoms with Crippen LogP contribution in [0.5, 0.6) is 11.5 Å². The van der Waals surface area contributed by atoms with Gasteiger partial charge in [0.15, 0.2) is 15.8 Å². The second-order valence-corrected chi connectivity index (χ2v) is 7.51. The minimum Gasteiger partial charge on any atom is -0.497 e. The third-order valence-electron chi connectivity index (χ3n) is 3.39. The van der Waals surface area contributed by atoms with Gasteiger partial charge in [-0.15, -0.1) is 0 Å². The van der Waals surface area contributed by atoms with Crippen molar-refractivity contribution >= 4 is 15.8 Å². The van der Waals surface area contributed by atoms with E-state index in [2.05, 4.69) is 15.6 Å². The monoisotopic (exact) mass is 357 g/mol. The number of nitrogens with zero attached hydrogens (tertiary/aromatic N) is 1. The summed E-state index contributed by atoms with van der Waals surface area (Å²) in [5, 5.41) is 6.13. The largest absolute Gasteiger partial charge is 0.497 e. The van der Waals surface area contributed by atoms with Crippen molar-refractivity contribution in [2.45, 2.75) is 20.4 Å². The molecule has 0 spiro atoms. The van der Waals surface area contributed by atoms with Gasteiger partial charge in [-0.1, -0.05) is 6.92 Å². The summed E-state index contributed by atoms with van der Waals surface area (Å²) in [6, 6.07) is 5.55. The van der Waals surface area contributed by atoms with Gasteiger partial charge in [0, 0.05) is 30.5 Å². The van der Waals surface area contributed by atoms with Crippen molar-refractivity contribution in [3.63, 3.8) is 0 Å². The van der Waals surface area contributed by atoms with E-state index in [4.69, 9.17) is 9.47 Å².